The van der Waals surface area contributed by atoms with E-state index in [1.54, 1.807) is 0 Å². The van der Waals surface area contributed by atoms with Gasteiger partial charge in [0, 0.05) is 5.88 Å². The number of fused-ring (bicyclic) bond motifs is 1. The first-order chi connectivity index (χ1) is 9.05. The fourth-order valence-corrected chi connectivity index (χ4v) is 3.17. The van der Waals surface area contributed by atoms with Crippen molar-refractivity contribution >= 4 is 34.8 Å². The summed E-state index contributed by atoms with van der Waals surface area (Å²) in [5.74, 6) is 0.0699. The second kappa shape index (κ2) is 5.68. The summed E-state index contributed by atoms with van der Waals surface area (Å²) in [7, 11) is 0. The van der Waals surface area contributed by atoms with Crippen LogP contribution in [0.4, 0.5) is 10.1 Å². The Morgan fingerprint density at radius 2 is 2.11 bits per heavy atom. The maximum atomic E-state index is 13.6. The number of rotatable bonds is 5. The SMILES string of the molecule is CCC1(CCCCCl)C(=O)Nc2c(Cl)cc(F)cc21. The minimum absolute atomic E-state index is 0.0907. The molecule has 1 aliphatic rings. The van der Waals surface area contributed by atoms with Gasteiger partial charge in [-0.15, -0.1) is 11.6 Å². The van der Waals surface area contributed by atoms with E-state index in [-0.39, 0.29) is 10.9 Å². The summed E-state index contributed by atoms with van der Waals surface area (Å²) in [6.45, 7) is 1.94. The van der Waals surface area contributed by atoms with Crippen LogP contribution in [0.25, 0.3) is 0 Å². The van der Waals surface area contributed by atoms with Crippen LogP contribution < -0.4 is 5.32 Å². The first-order valence-corrected chi connectivity index (χ1v) is 7.33. The Balaban J connectivity index is 2.43. The Morgan fingerprint density at radius 3 is 2.74 bits per heavy atom. The van der Waals surface area contributed by atoms with Gasteiger partial charge in [-0.2, -0.15) is 0 Å². The van der Waals surface area contributed by atoms with Crippen LogP contribution in [0.3, 0.4) is 0 Å². The van der Waals surface area contributed by atoms with Crippen LogP contribution in [-0.4, -0.2) is 11.8 Å². The third-order valence-electron chi connectivity index (χ3n) is 3.83. The largest absolute Gasteiger partial charge is 0.324 e. The summed E-state index contributed by atoms with van der Waals surface area (Å²) in [6.07, 6.45) is 2.95. The van der Waals surface area contributed by atoms with Crippen molar-refractivity contribution in [2.75, 3.05) is 11.2 Å². The molecule has 0 bridgehead atoms. The number of hydrogen-bond donors (Lipinski definition) is 1. The number of unbranched alkanes of at least 4 members (excludes halogenated alkanes) is 1. The zero-order chi connectivity index (χ0) is 14.0. The van der Waals surface area contributed by atoms with Gasteiger partial charge >= 0.3 is 0 Å². The van der Waals surface area contributed by atoms with E-state index in [4.69, 9.17) is 23.2 Å². The van der Waals surface area contributed by atoms with E-state index in [0.29, 0.717) is 30.0 Å². The molecule has 104 valence electrons. The highest BCUT2D eigenvalue weighted by Crippen LogP contribution is 2.46. The lowest BCUT2D eigenvalue weighted by Gasteiger charge is -2.26. The molecule has 1 N–H and O–H groups in total. The smallest absolute Gasteiger partial charge is 0.235 e. The second-order valence-corrected chi connectivity index (χ2v) is 5.63. The average Bonchev–Trinajstić information content (AvgIpc) is 2.64. The van der Waals surface area contributed by atoms with Crippen LogP contribution in [0, 0.1) is 5.82 Å². The van der Waals surface area contributed by atoms with Gasteiger partial charge in [-0.25, -0.2) is 4.39 Å². The van der Waals surface area contributed by atoms with Crippen LogP contribution >= 0.6 is 23.2 Å². The van der Waals surface area contributed by atoms with E-state index in [1.807, 2.05) is 6.92 Å². The van der Waals surface area contributed by atoms with E-state index < -0.39 is 11.2 Å². The molecule has 1 amide bonds. The average molecular weight is 304 g/mol. The van der Waals surface area contributed by atoms with Gasteiger partial charge in [0.15, 0.2) is 0 Å². The minimum atomic E-state index is -0.673. The molecule has 1 heterocycles. The molecule has 0 saturated carbocycles. The van der Waals surface area contributed by atoms with Crippen LogP contribution in [0.5, 0.6) is 0 Å². The van der Waals surface area contributed by atoms with Gasteiger partial charge in [0.05, 0.1) is 16.1 Å². The lowest BCUT2D eigenvalue weighted by molar-refractivity contribution is -0.121. The number of alkyl halides is 1. The molecular formula is C14H16Cl2FNO. The molecule has 2 nitrogen and oxygen atoms in total. The molecule has 0 aliphatic carbocycles. The van der Waals surface area contributed by atoms with Crippen LogP contribution in [0.1, 0.15) is 38.2 Å². The van der Waals surface area contributed by atoms with Crippen molar-refractivity contribution < 1.29 is 9.18 Å². The van der Waals surface area contributed by atoms with Gasteiger partial charge in [0.25, 0.3) is 0 Å². The molecule has 1 aromatic carbocycles. The fourth-order valence-electron chi connectivity index (χ4n) is 2.73. The van der Waals surface area contributed by atoms with Crippen molar-refractivity contribution in [3.63, 3.8) is 0 Å². The highest BCUT2D eigenvalue weighted by atomic mass is 35.5. The summed E-state index contributed by atoms with van der Waals surface area (Å²) in [6, 6.07) is 2.65. The molecule has 1 aromatic rings. The summed E-state index contributed by atoms with van der Waals surface area (Å²) in [5.41, 5.74) is 0.563. The first kappa shape index (κ1) is 14.6. The molecule has 1 atom stereocenters. The predicted molar refractivity (Wildman–Crippen MR) is 76.6 cm³/mol. The topological polar surface area (TPSA) is 29.1 Å². The zero-order valence-electron chi connectivity index (χ0n) is 10.7. The lowest BCUT2D eigenvalue weighted by Crippen LogP contribution is -2.33. The number of nitrogens with one attached hydrogen (secondary N) is 1. The standard InChI is InChI=1S/C14H16Cl2FNO/c1-2-14(5-3-4-6-15)10-7-9(17)8-11(16)12(10)18-13(14)19/h7-8H,2-6H2,1H3,(H,18,19). The third-order valence-corrected chi connectivity index (χ3v) is 4.40. The normalized spacial score (nSPS) is 21.4. The number of amides is 1. The molecule has 0 aromatic heterocycles. The minimum Gasteiger partial charge on any atom is -0.324 e. The maximum absolute atomic E-state index is 13.6. The molecule has 0 saturated heterocycles. The predicted octanol–water partition coefficient (Wildman–Crippen LogP) is 4.49. The second-order valence-electron chi connectivity index (χ2n) is 4.85. The first-order valence-electron chi connectivity index (χ1n) is 6.42. The number of halogens is 3. The van der Waals surface area contributed by atoms with Gasteiger partial charge in [-0.1, -0.05) is 24.9 Å². The van der Waals surface area contributed by atoms with E-state index in [9.17, 15) is 9.18 Å². The highest BCUT2D eigenvalue weighted by molar-refractivity contribution is 6.34. The summed E-state index contributed by atoms with van der Waals surface area (Å²) < 4.78 is 13.6. The Labute approximate surface area is 122 Å². The van der Waals surface area contributed by atoms with Gasteiger partial charge in [-0.3, -0.25) is 4.79 Å². The van der Waals surface area contributed by atoms with E-state index >= 15 is 0 Å². The van der Waals surface area contributed by atoms with Crippen LogP contribution in [0.15, 0.2) is 12.1 Å². The Kier molecular flexibility index (Phi) is 4.36. The molecular weight excluding hydrogens is 288 g/mol. The number of anilines is 1. The number of hydrogen-bond acceptors (Lipinski definition) is 1. The quantitative estimate of drug-likeness (QED) is 0.630. The Morgan fingerprint density at radius 1 is 1.37 bits per heavy atom. The van der Waals surface area contributed by atoms with Crippen molar-refractivity contribution in [1.82, 2.24) is 0 Å². The lowest BCUT2D eigenvalue weighted by atomic mass is 9.75. The summed E-state index contributed by atoms with van der Waals surface area (Å²) >= 11 is 11.7. The summed E-state index contributed by atoms with van der Waals surface area (Å²) in [4.78, 5) is 12.3. The van der Waals surface area contributed by atoms with Crippen molar-refractivity contribution in [2.45, 2.75) is 38.0 Å². The van der Waals surface area contributed by atoms with E-state index in [0.717, 1.165) is 12.8 Å². The van der Waals surface area contributed by atoms with Gasteiger partial charge in [-0.05, 0) is 37.0 Å². The molecule has 0 spiro atoms. The van der Waals surface area contributed by atoms with Crippen molar-refractivity contribution in [3.8, 4) is 0 Å². The monoisotopic (exact) mass is 303 g/mol. The van der Waals surface area contributed by atoms with E-state index in [2.05, 4.69) is 5.32 Å². The molecule has 1 aliphatic heterocycles. The third kappa shape index (κ3) is 2.46. The molecule has 19 heavy (non-hydrogen) atoms. The van der Waals surface area contributed by atoms with Crippen molar-refractivity contribution in [1.29, 1.82) is 0 Å². The molecule has 0 fully saturated rings. The highest BCUT2D eigenvalue weighted by Gasteiger charge is 2.45. The van der Waals surface area contributed by atoms with Crippen LogP contribution in [0.2, 0.25) is 5.02 Å². The van der Waals surface area contributed by atoms with Gasteiger partial charge in [0.2, 0.25) is 5.91 Å². The molecule has 0 radical (unpaired) electrons. The van der Waals surface area contributed by atoms with Crippen molar-refractivity contribution in [3.05, 3.63) is 28.5 Å². The van der Waals surface area contributed by atoms with Crippen LogP contribution in [-0.2, 0) is 10.2 Å². The van der Waals surface area contributed by atoms with Crippen molar-refractivity contribution in [2.24, 2.45) is 0 Å². The van der Waals surface area contributed by atoms with Gasteiger partial charge < -0.3 is 5.32 Å². The molecule has 1 unspecified atom stereocenters. The summed E-state index contributed by atoms with van der Waals surface area (Å²) in [5, 5.41) is 3.05. The zero-order valence-corrected chi connectivity index (χ0v) is 12.2. The molecule has 2 rings (SSSR count). The fraction of sp³-hybridized carbons (Fsp3) is 0.500. The molecule has 5 heteroatoms. The van der Waals surface area contributed by atoms with E-state index in [1.165, 1.54) is 12.1 Å². The number of benzene rings is 1. The number of carbonyl (C=O) groups is 1. The Hall–Kier alpha value is -0.800. The maximum Gasteiger partial charge on any atom is 0.235 e. The Bertz CT molecular complexity index is 506. The van der Waals surface area contributed by atoms with Gasteiger partial charge in [0.1, 0.15) is 5.82 Å². The number of carbonyl (C=O) groups excluding carboxylic acids is 1.